The quantitative estimate of drug-likeness (QED) is 0.581. The van der Waals surface area contributed by atoms with E-state index < -0.39 is 18.7 Å². The highest BCUT2D eigenvalue weighted by Gasteiger charge is 2.20. The first-order valence-corrected chi connectivity index (χ1v) is 6.64. The third-order valence-electron chi connectivity index (χ3n) is 3.23. The molecule has 1 rings (SSSR count). The summed E-state index contributed by atoms with van der Waals surface area (Å²) in [6.45, 7) is 4.75. The van der Waals surface area contributed by atoms with Gasteiger partial charge in [-0.3, -0.25) is 0 Å². The predicted octanol–water partition coefficient (Wildman–Crippen LogP) is -0.805. The van der Waals surface area contributed by atoms with E-state index >= 15 is 0 Å². The van der Waals surface area contributed by atoms with Gasteiger partial charge in [0.1, 0.15) is 18.7 Å². The van der Waals surface area contributed by atoms with Crippen LogP contribution in [0.1, 0.15) is 20.8 Å². The summed E-state index contributed by atoms with van der Waals surface area (Å²) in [5.41, 5.74) is 0. The Kier molecular flexibility index (Phi) is 5.64. The van der Waals surface area contributed by atoms with Crippen molar-refractivity contribution in [3.05, 3.63) is 0 Å². The molecule has 1 aromatic rings. The number of nitrogens with zero attached hydrogens (tertiary/aromatic N) is 6. The highest BCUT2D eigenvalue weighted by molar-refractivity contribution is 5.46. The molecule has 120 valence electrons. The average molecular weight is 300 g/mol. The topological polar surface area (TPSA) is 109 Å². The lowest BCUT2D eigenvalue weighted by molar-refractivity contribution is 0.189. The van der Waals surface area contributed by atoms with Crippen LogP contribution in [-0.2, 0) is 0 Å². The standard InChI is InChI=1S/C12H24N6O3/c1-7(19)16(4)10-13-11(17(5)8(2)20)15-12(14-10)18(6)9(3)21/h7-9,19-21H,1-6H3. The van der Waals surface area contributed by atoms with Crippen molar-refractivity contribution >= 4 is 17.8 Å². The number of aromatic nitrogens is 3. The van der Waals surface area contributed by atoms with Crippen LogP contribution in [0.4, 0.5) is 17.8 Å². The summed E-state index contributed by atoms with van der Waals surface area (Å²) in [6.07, 6.45) is -2.37. The molecular weight excluding hydrogens is 276 g/mol. The number of hydrogen-bond donors (Lipinski definition) is 3. The lowest BCUT2D eigenvalue weighted by Crippen LogP contribution is -2.36. The second kappa shape index (κ2) is 6.83. The fourth-order valence-electron chi connectivity index (χ4n) is 1.32. The first-order chi connectivity index (χ1) is 9.65. The lowest BCUT2D eigenvalue weighted by Gasteiger charge is -2.27. The van der Waals surface area contributed by atoms with Gasteiger partial charge in [-0.25, -0.2) is 0 Å². The summed E-state index contributed by atoms with van der Waals surface area (Å²) >= 11 is 0. The molecule has 0 aliphatic carbocycles. The van der Waals surface area contributed by atoms with Crippen molar-refractivity contribution in [3.8, 4) is 0 Å². The molecule has 3 unspecified atom stereocenters. The lowest BCUT2D eigenvalue weighted by atomic mass is 10.5. The van der Waals surface area contributed by atoms with Gasteiger partial charge in [-0.1, -0.05) is 0 Å². The van der Waals surface area contributed by atoms with Crippen molar-refractivity contribution in [2.24, 2.45) is 0 Å². The molecule has 0 amide bonds. The fourth-order valence-corrected chi connectivity index (χ4v) is 1.32. The van der Waals surface area contributed by atoms with Crippen LogP contribution in [-0.4, -0.2) is 70.1 Å². The maximum Gasteiger partial charge on any atom is 0.233 e. The van der Waals surface area contributed by atoms with E-state index in [1.807, 2.05) is 0 Å². The van der Waals surface area contributed by atoms with Crippen molar-refractivity contribution in [2.45, 2.75) is 39.5 Å². The van der Waals surface area contributed by atoms with Gasteiger partial charge in [-0.05, 0) is 20.8 Å². The van der Waals surface area contributed by atoms with Crippen molar-refractivity contribution in [2.75, 3.05) is 35.8 Å². The molecule has 0 bridgehead atoms. The van der Waals surface area contributed by atoms with E-state index in [9.17, 15) is 15.3 Å². The maximum absolute atomic E-state index is 9.65. The minimum absolute atomic E-state index is 0.241. The van der Waals surface area contributed by atoms with E-state index in [0.717, 1.165) is 0 Å². The van der Waals surface area contributed by atoms with Gasteiger partial charge in [-0.15, -0.1) is 0 Å². The number of rotatable bonds is 6. The summed E-state index contributed by atoms with van der Waals surface area (Å²) < 4.78 is 0. The van der Waals surface area contributed by atoms with Crippen molar-refractivity contribution < 1.29 is 15.3 Å². The molecule has 9 nitrogen and oxygen atoms in total. The van der Waals surface area contributed by atoms with Gasteiger partial charge in [-0.2, -0.15) is 15.0 Å². The number of aliphatic hydroxyl groups excluding tert-OH is 3. The minimum Gasteiger partial charge on any atom is -0.374 e. The zero-order valence-electron chi connectivity index (χ0n) is 13.3. The Balaban J connectivity index is 3.32. The first kappa shape index (κ1) is 17.3. The van der Waals surface area contributed by atoms with Gasteiger partial charge in [0.2, 0.25) is 17.8 Å². The van der Waals surface area contributed by atoms with Crippen LogP contribution in [0.5, 0.6) is 0 Å². The van der Waals surface area contributed by atoms with E-state index in [1.165, 1.54) is 14.7 Å². The molecule has 0 saturated carbocycles. The molecule has 21 heavy (non-hydrogen) atoms. The third-order valence-corrected chi connectivity index (χ3v) is 3.23. The molecule has 9 heteroatoms. The Morgan fingerprint density at radius 3 is 0.952 bits per heavy atom. The van der Waals surface area contributed by atoms with Gasteiger partial charge in [0.15, 0.2) is 0 Å². The molecule has 0 aliphatic heterocycles. The van der Waals surface area contributed by atoms with Gasteiger partial charge in [0, 0.05) is 21.1 Å². The molecule has 0 aliphatic rings. The molecule has 0 saturated heterocycles. The zero-order valence-corrected chi connectivity index (χ0v) is 13.3. The highest BCUT2D eigenvalue weighted by Crippen LogP contribution is 2.19. The van der Waals surface area contributed by atoms with Crippen LogP contribution in [0.15, 0.2) is 0 Å². The van der Waals surface area contributed by atoms with Gasteiger partial charge < -0.3 is 30.0 Å². The maximum atomic E-state index is 9.65. The molecule has 0 aromatic carbocycles. The largest absolute Gasteiger partial charge is 0.374 e. The molecule has 0 spiro atoms. The van der Waals surface area contributed by atoms with Gasteiger partial charge in [0.05, 0.1) is 0 Å². The SMILES string of the molecule is CC(O)N(C)c1nc(N(C)C(C)O)nc(N(C)C(C)O)n1. The van der Waals surface area contributed by atoms with E-state index in [2.05, 4.69) is 15.0 Å². The van der Waals surface area contributed by atoms with Crippen LogP contribution < -0.4 is 14.7 Å². The average Bonchev–Trinajstić information content (AvgIpc) is 2.43. The summed E-state index contributed by atoms with van der Waals surface area (Å²) in [4.78, 5) is 17.0. The second-order valence-corrected chi connectivity index (χ2v) is 4.96. The third kappa shape index (κ3) is 4.13. The molecule has 3 N–H and O–H groups in total. The summed E-state index contributed by atoms with van der Waals surface area (Å²) in [6, 6.07) is 0. The van der Waals surface area contributed by atoms with E-state index in [1.54, 1.807) is 41.9 Å². The van der Waals surface area contributed by atoms with Crippen molar-refractivity contribution in [3.63, 3.8) is 0 Å². The van der Waals surface area contributed by atoms with Crippen LogP contribution in [0.25, 0.3) is 0 Å². The Hall–Kier alpha value is -1.71. The van der Waals surface area contributed by atoms with Gasteiger partial charge >= 0.3 is 0 Å². The van der Waals surface area contributed by atoms with Gasteiger partial charge in [0.25, 0.3) is 0 Å². The van der Waals surface area contributed by atoms with E-state index in [0.29, 0.717) is 0 Å². The van der Waals surface area contributed by atoms with Crippen LogP contribution in [0, 0.1) is 0 Å². The summed E-state index contributed by atoms with van der Waals surface area (Å²) in [7, 11) is 4.91. The normalized spacial score (nSPS) is 15.3. The van der Waals surface area contributed by atoms with E-state index in [-0.39, 0.29) is 17.8 Å². The second-order valence-electron chi connectivity index (χ2n) is 4.96. The Morgan fingerprint density at radius 2 is 0.810 bits per heavy atom. The number of aliphatic hydroxyl groups is 3. The molecule has 1 aromatic heterocycles. The number of hydrogen-bond acceptors (Lipinski definition) is 9. The Labute approximate surface area is 124 Å². The number of anilines is 3. The predicted molar refractivity (Wildman–Crippen MR) is 80.1 cm³/mol. The summed E-state index contributed by atoms with van der Waals surface area (Å²) in [5, 5.41) is 29.0. The van der Waals surface area contributed by atoms with Crippen LogP contribution >= 0.6 is 0 Å². The zero-order chi connectivity index (χ0) is 16.3. The van der Waals surface area contributed by atoms with Crippen molar-refractivity contribution in [1.82, 2.24) is 15.0 Å². The smallest absolute Gasteiger partial charge is 0.233 e. The minimum atomic E-state index is -0.790. The van der Waals surface area contributed by atoms with Crippen LogP contribution in [0.2, 0.25) is 0 Å². The van der Waals surface area contributed by atoms with Crippen LogP contribution in [0.3, 0.4) is 0 Å². The monoisotopic (exact) mass is 300 g/mol. The van der Waals surface area contributed by atoms with Crippen molar-refractivity contribution in [1.29, 1.82) is 0 Å². The summed E-state index contributed by atoms with van der Waals surface area (Å²) in [5.74, 6) is 0.722. The molecular formula is C12H24N6O3. The molecule has 0 fully saturated rings. The molecule has 1 heterocycles. The fraction of sp³-hybridized carbons (Fsp3) is 0.750. The first-order valence-electron chi connectivity index (χ1n) is 6.64. The van der Waals surface area contributed by atoms with E-state index in [4.69, 9.17) is 0 Å². The highest BCUT2D eigenvalue weighted by atomic mass is 16.3. The molecule has 0 radical (unpaired) electrons. The molecule has 3 atom stereocenters. The Morgan fingerprint density at radius 1 is 0.619 bits per heavy atom. The Bertz CT molecular complexity index is 389.